The molecule has 0 amide bonds. The van der Waals surface area contributed by atoms with Gasteiger partial charge in [0.05, 0.1) is 22.4 Å². The van der Waals surface area contributed by atoms with Crippen molar-refractivity contribution in [1.29, 1.82) is 0 Å². The molecule has 88 valence electrons. The van der Waals surface area contributed by atoms with Gasteiger partial charge in [0, 0.05) is 16.6 Å². The number of rotatable bonds is 2. The summed E-state index contributed by atoms with van der Waals surface area (Å²) < 4.78 is 44.0. The van der Waals surface area contributed by atoms with Crippen LogP contribution in [0.5, 0.6) is 0 Å². The molecule has 0 radical (unpaired) electrons. The van der Waals surface area contributed by atoms with Gasteiger partial charge in [-0.1, -0.05) is 0 Å². The third-order valence-electron chi connectivity index (χ3n) is 3.23. The molecule has 5 nitrogen and oxygen atoms in total. The molecule has 0 aromatic heterocycles. The molecule has 0 aromatic rings. The Morgan fingerprint density at radius 3 is 2.07 bits per heavy atom. The van der Waals surface area contributed by atoms with E-state index in [9.17, 15) is 21.9 Å². The number of sulfone groups is 1. The Hall–Kier alpha value is 0.150. The Morgan fingerprint density at radius 1 is 1.27 bits per heavy atom. The molecule has 1 aliphatic heterocycles. The summed E-state index contributed by atoms with van der Waals surface area (Å²) in [6.45, 7) is 0. The summed E-state index contributed by atoms with van der Waals surface area (Å²) in [5.41, 5.74) is 0. The van der Waals surface area contributed by atoms with Crippen LogP contribution in [0.2, 0.25) is 0 Å². The van der Waals surface area contributed by atoms with E-state index in [0.717, 1.165) is 0 Å². The lowest BCUT2D eigenvalue weighted by molar-refractivity contribution is 0.143. The molecule has 0 unspecified atom stereocenters. The van der Waals surface area contributed by atoms with E-state index >= 15 is 0 Å². The number of halogens is 1. The number of aliphatic hydroxyl groups excluding tert-OH is 1. The monoisotopic (exact) mass is 274 g/mol. The summed E-state index contributed by atoms with van der Waals surface area (Å²) in [5.74, 6) is -1.39. The minimum absolute atomic E-state index is 0.278. The third kappa shape index (κ3) is 1.79. The quantitative estimate of drug-likeness (QED) is 0.686. The molecule has 1 saturated carbocycles. The van der Waals surface area contributed by atoms with Gasteiger partial charge in [0.1, 0.15) is 0 Å². The lowest BCUT2D eigenvalue weighted by Crippen LogP contribution is -2.36. The fraction of sp³-hybridized carbons (Fsp3) is 1.00. The predicted molar refractivity (Wildman–Crippen MR) is 54.9 cm³/mol. The van der Waals surface area contributed by atoms with Gasteiger partial charge in [0.25, 0.3) is 0 Å². The van der Waals surface area contributed by atoms with Gasteiger partial charge in [-0.3, -0.25) is 0 Å². The average molecular weight is 275 g/mol. The van der Waals surface area contributed by atoms with Crippen molar-refractivity contribution in [2.24, 2.45) is 5.92 Å². The first-order valence-electron chi connectivity index (χ1n) is 4.51. The van der Waals surface area contributed by atoms with Crippen molar-refractivity contribution in [2.45, 2.75) is 23.7 Å². The van der Waals surface area contributed by atoms with Crippen LogP contribution in [0.1, 0.15) is 12.8 Å². The molecule has 0 aromatic carbocycles. The topological polar surface area (TPSA) is 88.5 Å². The van der Waals surface area contributed by atoms with Crippen LogP contribution in [0.4, 0.5) is 0 Å². The SMILES string of the molecule is O=S1(=O)C[C@@H](O)[C@H](C2(S(=O)(=O)Cl)CC2)C1. The van der Waals surface area contributed by atoms with Crippen LogP contribution in [-0.4, -0.2) is 44.3 Å². The van der Waals surface area contributed by atoms with Crippen LogP contribution in [0.15, 0.2) is 0 Å². The molecule has 1 heterocycles. The van der Waals surface area contributed by atoms with E-state index in [1.165, 1.54) is 0 Å². The Morgan fingerprint density at radius 2 is 1.80 bits per heavy atom. The molecule has 2 fully saturated rings. The van der Waals surface area contributed by atoms with E-state index in [0.29, 0.717) is 12.8 Å². The average Bonchev–Trinajstić information content (AvgIpc) is 2.73. The second kappa shape index (κ2) is 3.09. The van der Waals surface area contributed by atoms with E-state index in [2.05, 4.69) is 0 Å². The van der Waals surface area contributed by atoms with Gasteiger partial charge in [-0.2, -0.15) is 0 Å². The van der Waals surface area contributed by atoms with Crippen LogP contribution < -0.4 is 0 Å². The van der Waals surface area contributed by atoms with Gasteiger partial charge >= 0.3 is 0 Å². The summed E-state index contributed by atoms with van der Waals surface area (Å²) in [7, 11) is -1.84. The zero-order chi connectivity index (χ0) is 11.5. The lowest BCUT2D eigenvalue weighted by Gasteiger charge is -2.21. The van der Waals surface area contributed by atoms with Crippen LogP contribution >= 0.6 is 10.7 Å². The molecule has 15 heavy (non-hydrogen) atoms. The zero-order valence-electron chi connectivity index (χ0n) is 7.76. The first-order valence-corrected chi connectivity index (χ1v) is 8.64. The summed E-state index contributed by atoms with van der Waals surface area (Å²) >= 11 is 0. The second-order valence-electron chi connectivity index (χ2n) is 4.25. The molecule has 0 bridgehead atoms. The Labute approximate surface area is 92.8 Å². The van der Waals surface area contributed by atoms with E-state index in [1.807, 2.05) is 0 Å². The highest BCUT2D eigenvalue weighted by Gasteiger charge is 2.63. The van der Waals surface area contributed by atoms with E-state index in [4.69, 9.17) is 10.7 Å². The molecule has 1 aliphatic carbocycles. The first-order chi connectivity index (χ1) is 6.68. The largest absolute Gasteiger partial charge is 0.392 e. The van der Waals surface area contributed by atoms with Crippen molar-refractivity contribution in [3.63, 3.8) is 0 Å². The van der Waals surface area contributed by atoms with Crippen molar-refractivity contribution in [3.8, 4) is 0 Å². The summed E-state index contributed by atoms with van der Waals surface area (Å²) in [4.78, 5) is 0. The molecular formula is C7H11ClO5S2. The maximum Gasteiger partial charge on any atom is 0.238 e. The van der Waals surface area contributed by atoms with Crippen molar-refractivity contribution in [1.82, 2.24) is 0 Å². The van der Waals surface area contributed by atoms with Crippen molar-refractivity contribution < 1.29 is 21.9 Å². The van der Waals surface area contributed by atoms with Crippen molar-refractivity contribution in [3.05, 3.63) is 0 Å². The standard InChI is InChI=1S/C7H11ClO5S2/c8-15(12,13)7(1-2-7)5-3-14(10,11)4-6(5)9/h5-6,9H,1-4H2/t5-,6-/m1/s1. The smallest absolute Gasteiger partial charge is 0.238 e. The van der Waals surface area contributed by atoms with Gasteiger partial charge in [0.2, 0.25) is 9.05 Å². The third-order valence-corrected chi connectivity index (χ3v) is 7.55. The minimum Gasteiger partial charge on any atom is -0.392 e. The van der Waals surface area contributed by atoms with Crippen LogP contribution in [0.25, 0.3) is 0 Å². The number of hydrogen-bond acceptors (Lipinski definition) is 5. The molecule has 8 heteroatoms. The summed E-state index contributed by atoms with van der Waals surface area (Å²) in [5, 5.41) is 9.56. The highest BCUT2D eigenvalue weighted by molar-refractivity contribution is 8.15. The first kappa shape index (κ1) is 11.6. The van der Waals surface area contributed by atoms with Gasteiger partial charge in [-0.15, -0.1) is 0 Å². The number of aliphatic hydroxyl groups is 1. The normalized spacial score (nSPS) is 37.7. The van der Waals surface area contributed by atoms with E-state index < -0.39 is 35.7 Å². The minimum atomic E-state index is -3.81. The van der Waals surface area contributed by atoms with Gasteiger partial charge in [-0.05, 0) is 12.8 Å². The number of hydrogen-bond donors (Lipinski definition) is 1. The van der Waals surface area contributed by atoms with Gasteiger partial charge in [0.15, 0.2) is 9.84 Å². The van der Waals surface area contributed by atoms with Crippen LogP contribution in [0, 0.1) is 5.92 Å². The van der Waals surface area contributed by atoms with Crippen LogP contribution in [0.3, 0.4) is 0 Å². The van der Waals surface area contributed by atoms with Gasteiger partial charge in [-0.25, -0.2) is 16.8 Å². The molecule has 1 saturated heterocycles. The molecule has 1 N–H and O–H groups in total. The Kier molecular flexibility index (Phi) is 2.39. The van der Waals surface area contributed by atoms with Gasteiger partial charge < -0.3 is 5.11 Å². The maximum atomic E-state index is 11.3. The fourth-order valence-corrected chi connectivity index (χ4v) is 6.33. The molecule has 2 aliphatic rings. The Balaban J connectivity index is 2.35. The molecule has 2 rings (SSSR count). The summed E-state index contributed by atoms with van der Waals surface area (Å²) in [6.07, 6.45) is -0.419. The van der Waals surface area contributed by atoms with Crippen molar-refractivity contribution >= 4 is 29.6 Å². The van der Waals surface area contributed by atoms with E-state index in [-0.39, 0.29) is 11.5 Å². The molecular weight excluding hydrogens is 264 g/mol. The molecule has 2 atom stereocenters. The lowest BCUT2D eigenvalue weighted by atomic mass is 10.0. The predicted octanol–water partition coefficient (Wildman–Crippen LogP) is -0.507. The van der Waals surface area contributed by atoms with Crippen molar-refractivity contribution in [2.75, 3.05) is 11.5 Å². The van der Waals surface area contributed by atoms with Crippen LogP contribution in [-0.2, 0) is 18.9 Å². The molecule has 0 spiro atoms. The maximum absolute atomic E-state index is 11.3. The summed E-state index contributed by atoms with van der Waals surface area (Å²) in [6, 6.07) is 0. The fourth-order valence-electron chi connectivity index (χ4n) is 2.25. The zero-order valence-corrected chi connectivity index (χ0v) is 10.1. The van der Waals surface area contributed by atoms with E-state index in [1.54, 1.807) is 0 Å². The highest BCUT2D eigenvalue weighted by atomic mass is 35.7. The second-order valence-corrected chi connectivity index (χ2v) is 9.31. The highest BCUT2D eigenvalue weighted by Crippen LogP contribution is 2.54. The Bertz CT molecular complexity index is 476.